The van der Waals surface area contributed by atoms with Gasteiger partial charge in [-0.25, -0.2) is 0 Å². The molecular formula is C13H17N3O2. The number of nitrogens with zero attached hydrogens (tertiary/aromatic N) is 2. The van der Waals surface area contributed by atoms with Gasteiger partial charge in [0.05, 0.1) is 10.6 Å². The van der Waals surface area contributed by atoms with Gasteiger partial charge in [-0.3, -0.25) is 15.5 Å². The van der Waals surface area contributed by atoms with Gasteiger partial charge >= 0.3 is 0 Å². The van der Waals surface area contributed by atoms with Crippen LogP contribution in [0, 0.1) is 16.0 Å². The van der Waals surface area contributed by atoms with Crippen LogP contribution in [0.1, 0.15) is 32.6 Å². The lowest BCUT2D eigenvalue weighted by Gasteiger charge is -2.19. The molecule has 1 aliphatic rings. The molecule has 1 N–H and O–H groups in total. The first kappa shape index (κ1) is 12.5. The van der Waals surface area contributed by atoms with Gasteiger partial charge in [-0.1, -0.05) is 13.0 Å². The summed E-state index contributed by atoms with van der Waals surface area (Å²) in [5.41, 5.74) is 4.81. The van der Waals surface area contributed by atoms with E-state index in [-0.39, 0.29) is 5.69 Å². The third-order valence-corrected chi connectivity index (χ3v) is 3.15. The predicted octanol–water partition coefficient (Wildman–Crippen LogP) is 3.57. The van der Waals surface area contributed by atoms with Crippen molar-refractivity contribution in [2.45, 2.75) is 32.6 Å². The monoisotopic (exact) mass is 247 g/mol. The van der Waals surface area contributed by atoms with Crippen molar-refractivity contribution in [3.05, 3.63) is 34.4 Å². The number of hydrogen-bond acceptors (Lipinski definition) is 4. The first-order chi connectivity index (χ1) is 8.65. The molecule has 0 aromatic heterocycles. The molecule has 0 aliphatic heterocycles. The van der Waals surface area contributed by atoms with Crippen LogP contribution < -0.4 is 5.43 Å². The summed E-state index contributed by atoms with van der Waals surface area (Å²) in [4.78, 5) is 10.2. The van der Waals surface area contributed by atoms with Crippen molar-refractivity contribution < 1.29 is 4.92 Å². The Kier molecular flexibility index (Phi) is 3.92. The Balaban J connectivity index is 2.03. The van der Waals surface area contributed by atoms with Crippen molar-refractivity contribution in [3.63, 3.8) is 0 Å². The van der Waals surface area contributed by atoms with Crippen molar-refractivity contribution in [1.29, 1.82) is 0 Å². The summed E-state index contributed by atoms with van der Waals surface area (Å²) >= 11 is 0. The van der Waals surface area contributed by atoms with Gasteiger partial charge in [0.15, 0.2) is 0 Å². The Bertz CT molecular complexity index is 471. The van der Waals surface area contributed by atoms with E-state index in [9.17, 15) is 10.1 Å². The normalized spacial score (nSPS) is 21.8. The van der Waals surface area contributed by atoms with E-state index in [1.165, 1.54) is 25.0 Å². The largest absolute Gasteiger partial charge is 0.278 e. The summed E-state index contributed by atoms with van der Waals surface area (Å²) in [6.45, 7) is 2.22. The quantitative estimate of drug-likeness (QED) is 0.655. The van der Waals surface area contributed by atoms with Gasteiger partial charge < -0.3 is 0 Å². The number of nitro groups is 1. The Morgan fingerprint density at radius 1 is 1.50 bits per heavy atom. The van der Waals surface area contributed by atoms with Crippen LogP contribution in [0.5, 0.6) is 0 Å². The lowest BCUT2D eigenvalue weighted by molar-refractivity contribution is -0.384. The summed E-state index contributed by atoms with van der Waals surface area (Å²) in [5, 5.41) is 15.0. The van der Waals surface area contributed by atoms with Gasteiger partial charge in [-0.2, -0.15) is 5.10 Å². The maximum Gasteiger partial charge on any atom is 0.271 e. The molecule has 1 atom stereocenters. The molecule has 1 aromatic carbocycles. The van der Waals surface area contributed by atoms with Crippen molar-refractivity contribution in [2.75, 3.05) is 5.43 Å². The summed E-state index contributed by atoms with van der Waals surface area (Å²) in [6.07, 6.45) is 4.47. The van der Waals surface area contributed by atoms with Crippen molar-refractivity contribution >= 4 is 17.1 Å². The lowest BCUT2D eigenvalue weighted by atomic mass is 9.89. The molecule has 5 nitrogen and oxygen atoms in total. The molecule has 5 heteroatoms. The molecule has 0 radical (unpaired) electrons. The molecule has 96 valence electrons. The highest BCUT2D eigenvalue weighted by Crippen LogP contribution is 2.22. The Morgan fingerprint density at radius 2 is 2.33 bits per heavy atom. The molecule has 0 spiro atoms. The van der Waals surface area contributed by atoms with Crippen LogP contribution in [0.2, 0.25) is 0 Å². The molecule has 0 amide bonds. The molecule has 0 bridgehead atoms. The third kappa shape index (κ3) is 3.29. The summed E-state index contributed by atoms with van der Waals surface area (Å²) in [5.74, 6) is 0.685. The summed E-state index contributed by atoms with van der Waals surface area (Å²) < 4.78 is 0. The van der Waals surface area contributed by atoms with E-state index in [2.05, 4.69) is 17.5 Å². The van der Waals surface area contributed by atoms with Crippen LogP contribution in [-0.2, 0) is 0 Å². The fraction of sp³-hybridized carbons (Fsp3) is 0.462. The Morgan fingerprint density at radius 3 is 3.06 bits per heavy atom. The second kappa shape index (κ2) is 5.62. The molecule has 2 rings (SSSR count). The average molecular weight is 247 g/mol. The van der Waals surface area contributed by atoms with Crippen LogP contribution in [-0.4, -0.2) is 10.6 Å². The number of benzene rings is 1. The minimum Gasteiger partial charge on any atom is -0.278 e. The minimum atomic E-state index is -0.402. The zero-order valence-electron chi connectivity index (χ0n) is 10.4. The lowest BCUT2D eigenvalue weighted by Crippen LogP contribution is -2.13. The topological polar surface area (TPSA) is 67.5 Å². The van der Waals surface area contributed by atoms with Crippen molar-refractivity contribution in [1.82, 2.24) is 0 Å². The summed E-state index contributed by atoms with van der Waals surface area (Å²) in [7, 11) is 0. The number of anilines is 1. The fourth-order valence-electron chi connectivity index (χ4n) is 2.20. The van der Waals surface area contributed by atoms with Gasteiger partial charge in [0, 0.05) is 17.8 Å². The van der Waals surface area contributed by atoms with E-state index in [0.29, 0.717) is 11.6 Å². The molecule has 1 aliphatic carbocycles. The molecule has 18 heavy (non-hydrogen) atoms. The highest BCUT2D eigenvalue weighted by molar-refractivity contribution is 5.85. The minimum absolute atomic E-state index is 0.0808. The fourth-order valence-corrected chi connectivity index (χ4v) is 2.20. The van der Waals surface area contributed by atoms with E-state index in [1.807, 2.05) is 0 Å². The molecule has 0 heterocycles. The molecule has 1 saturated carbocycles. The van der Waals surface area contributed by atoms with Crippen LogP contribution in [0.4, 0.5) is 11.4 Å². The highest BCUT2D eigenvalue weighted by atomic mass is 16.6. The number of hydrazone groups is 1. The number of hydrogen-bond donors (Lipinski definition) is 1. The van der Waals surface area contributed by atoms with Crippen molar-refractivity contribution in [2.24, 2.45) is 11.0 Å². The molecule has 1 aromatic rings. The van der Waals surface area contributed by atoms with Gasteiger partial charge in [-0.05, 0) is 37.7 Å². The number of non-ortho nitro benzene ring substituents is 1. The van der Waals surface area contributed by atoms with Gasteiger partial charge in [-0.15, -0.1) is 0 Å². The SMILES string of the molecule is C[C@@H]1CCC/C(=N/Nc2cccc([N+](=O)[O-])c2)C1. The van der Waals surface area contributed by atoms with Crippen molar-refractivity contribution in [3.8, 4) is 0 Å². The van der Waals surface area contributed by atoms with Crippen LogP contribution in [0.25, 0.3) is 0 Å². The van der Waals surface area contributed by atoms with E-state index in [4.69, 9.17) is 0 Å². The van der Waals surface area contributed by atoms with Gasteiger partial charge in [0.2, 0.25) is 0 Å². The Labute approximate surface area is 106 Å². The first-order valence-corrected chi connectivity index (χ1v) is 6.21. The molecular weight excluding hydrogens is 230 g/mol. The molecule has 0 unspecified atom stereocenters. The standard InChI is InChI=1S/C13H17N3O2/c1-10-4-2-5-11(8-10)14-15-12-6-3-7-13(9-12)16(17)18/h3,6-7,9-10,15H,2,4-5,8H2,1H3/b14-11-/t10-/m1/s1. The van der Waals surface area contributed by atoms with Gasteiger partial charge in [0.1, 0.15) is 0 Å². The van der Waals surface area contributed by atoms with Crippen LogP contribution >= 0.6 is 0 Å². The van der Waals surface area contributed by atoms with E-state index < -0.39 is 4.92 Å². The van der Waals surface area contributed by atoms with Crippen LogP contribution in [0.15, 0.2) is 29.4 Å². The van der Waals surface area contributed by atoms with Crippen LogP contribution in [0.3, 0.4) is 0 Å². The predicted molar refractivity (Wildman–Crippen MR) is 71.8 cm³/mol. The average Bonchev–Trinajstić information content (AvgIpc) is 2.37. The van der Waals surface area contributed by atoms with E-state index >= 15 is 0 Å². The smallest absolute Gasteiger partial charge is 0.271 e. The zero-order valence-corrected chi connectivity index (χ0v) is 10.4. The first-order valence-electron chi connectivity index (χ1n) is 6.21. The number of rotatable bonds is 3. The molecule has 0 saturated heterocycles. The Hall–Kier alpha value is -1.91. The molecule has 1 fully saturated rings. The zero-order chi connectivity index (χ0) is 13.0. The third-order valence-electron chi connectivity index (χ3n) is 3.15. The summed E-state index contributed by atoms with van der Waals surface area (Å²) in [6, 6.07) is 6.41. The maximum atomic E-state index is 10.6. The number of nitro benzene ring substituents is 1. The number of nitrogens with one attached hydrogen (secondary N) is 1. The van der Waals surface area contributed by atoms with Gasteiger partial charge in [0.25, 0.3) is 5.69 Å². The maximum absolute atomic E-state index is 10.6. The highest BCUT2D eigenvalue weighted by Gasteiger charge is 2.14. The van der Waals surface area contributed by atoms with E-state index in [1.54, 1.807) is 12.1 Å². The second-order valence-corrected chi connectivity index (χ2v) is 4.80. The second-order valence-electron chi connectivity index (χ2n) is 4.80. The van der Waals surface area contributed by atoms with E-state index in [0.717, 1.165) is 18.6 Å².